The van der Waals surface area contributed by atoms with Crippen molar-refractivity contribution >= 4 is 32.6 Å². The van der Waals surface area contributed by atoms with Crippen LogP contribution in [-0.4, -0.2) is 34.4 Å². The van der Waals surface area contributed by atoms with Gasteiger partial charge in [0.25, 0.3) is 0 Å². The number of carbonyl (C=O) groups is 1. The van der Waals surface area contributed by atoms with Gasteiger partial charge in [0.15, 0.2) is 0 Å². The molecular weight excluding hydrogens is 509 g/mol. The van der Waals surface area contributed by atoms with E-state index in [0.29, 0.717) is 28.0 Å². The van der Waals surface area contributed by atoms with Crippen molar-refractivity contribution in [1.82, 2.24) is 0 Å². The maximum Gasteiger partial charge on any atom is 0.342 e. The number of halogens is 1. The fourth-order valence-corrected chi connectivity index (χ4v) is 5.47. The summed E-state index contributed by atoms with van der Waals surface area (Å²) in [6.45, 7) is 2.00. The Kier molecular flexibility index (Phi) is 6.88. The Hall–Kier alpha value is -3.85. The molecule has 3 aromatic carbocycles. The molecule has 0 bridgehead atoms. The summed E-state index contributed by atoms with van der Waals surface area (Å²) >= 11 is 0. The van der Waals surface area contributed by atoms with E-state index in [4.69, 9.17) is 13.9 Å². The number of esters is 1. The summed E-state index contributed by atoms with van der Waals surface area (Å²) < 4.78 is 57.9. The largest absolute Gasteiger partial charge is 0.497 e. The fraction of sp³-hybridized carbons (Fsp3) is 0.276. The zero-order chi connectivity index (χ0) is 27.0. The minimum absolute atomic E-state index is 0.115. The molecule has 1 aromatic heterocycles. The average Bonchev–Trinajstić information content (AvgIpc) is 3.67. The van der Waals surface area contributed by atoms with Crippen LogP contribution < -0.4 is 9.04 Å². The summed E-state index contributed by atoms with van der Waals surface area (Å²) in [7, 11) is -2.11. The second-order valence-electron chi connectivity index (χ2n) is 9.33. The average molecular weight is 538 g/mol. The van der Waals surface area contributed by atoms with Gasteiger partial charge >= 0.3 is 5.97 Å². The maximum absolute atomic E-state index is 13.6. The van der Waals surface area contributed by atoms with E-state index in [2.05, 4.69) is 0 Å². The predicted octanol–water partition coefficient (Wildman–Crippen LogP) is 6.27. The molecule has 1 fully saturated rings. The third-order valence-electron chi connectivity index (χ3n) is 6.59. The lowest BCUT2D eigenvalue weighted by molar-refractivity contribution is 0.0528. The minimum Gasteiger partial charge on any atom is -0.497 e. The van der Waals surface area contributed by atoms with E-state index in [1.807, 2.05) is 18.2 Å². The van der Waals surface area contributed by atoms with E-state index in [1.165, 1.54) is 34.8 Å². The molecule has 1 saturated carbocycles. The van der Waals surface area contributed by atoms with Crippen molar-refractivity contribution in [3.8, 4) is 17.1 Å². The van der Waals surface area contributed by atoms with Gasteiger partial charge in [-0.2, -0.15) is 0 Å². The fourth-order valence-electron chi connectivity index (χ4n) is 4.57. The van der Waals surface area contributed by atoms with Gasteiger partial charge < -0.3 is 13.9 Å². The summed E-state index contributed by atoms with van der Waals surface area (Å²) in [5.41, 5.74) is 3.22. The standard InChI is InChI=1S/C29H28FNO6S/c1-4-36-29(32)27-24-15-23(19-7-8-19)25(16-26(24)37-28(27)20-9-11-21(30)12-10-20)31(38(3,33)34)17-18-5-13-22(35-2)14-6-18/h5-6,9-16,19H,4,7-8,17H2,1-3H3. The van der Waals surface area contributed by atoms with Crippen LogP contribution in [0.1, 0.15) is 47.2 Å². The van der Waals surface area contributed by atoms with Gasteiger partial charge in [-0.1, -0.05) is 12.1 Å². The van der Waals surface area contributed by atoms with Gasteiger partial charge in [0.2, 0.25) is 10.0 Å². The molecule has 9 heteroatoms. The van der Waals surface area contributed by atoms with E-state index >= 15 is 0 Å². The second kappa shape index (κ2) is 10.1. The Bertz CT molecular complexity index is 1590. The molecule has 7 nitrogen and oxygen atoms in total. The molecule has 0 atom stereocenters. The highest BCUT2D eigenvalue weighted by atomic mass is 32.2. The lowest BCUT2D eigenvalue weighted by Gasteiger charge is -2.25. The molecule has 4 aromatic rings. The molecule has 1 heterocycles. The number of methoxy groups -OCH3 is 1. The monoisotopic (exact) mass is 537 g/mol. The van der Waals surface area contributed by atoms with Crippen molar-refractivity contribution in [3.63, 3.8) is 0 Å². The number of nitrogens with zero attached hydrogens (tertiary/aromatic N) is 1. The first kappa shape index (κ1) is 25.8. The molecule has 38 heavy (non-hydrogen) atoms. The number of benzene rings is 3. The van der Waals surface area contributed by atoms with Crippen molar-refractivity contribution < 1.29 is 31.5 Å². The number of sulfonamides is 1. The summed E-state index contributed by atoms with van der Waals surface area (Å²) in [6.07, 6.45) is 3.00. The molecule has 0 unspecified atom stereocenters. The molecule has 0 amide bonds. The van der Waals surface area contributed by atoms with E-state index < -0.39 is 21.8 Å². The molecule has 5 rings (SSSR count). The van der Waals surface area contributed by atoms with Crippen molar-refractivity contribution in [2.24, 2.45) is 0 Å². The van der Waals surface area contributed by atoms with Crippen molar-refractivity contribution in [1.29, 1.82) is 0 Å². The molecule has 0 N–H and O–H groups in total. The molecule has 1 aliphatic rings. The number of ether oxygens (including phenoxy) is 2. The van der Waals surface area contributed by atoms with E-state index in [-0.39, 0.29) is 30.4 Å². The van der Waals surface area contributed by atoms with Crippen LogP contribution in [0.3, 0.4) is 0 Å². The van der Waals surface area contributed by atoms with Crippen molar-refractivity contribution in [2.45, 2.75) is 32.2 Å². The minimum atomic E-state index is -3.69. The normalized spacial score (nSPS) is 13.5. The zero-order valence-electron chi connectivity index (χ0n) is 21.4. The molecule has 198 valence electrons. The third kappa shape index (κ3) is 5.11. The van der Waals surface area contributed by atoms with Crippen LogP contribution in [0.5, 0.6) is 5.75 Å². The van der Waals surface area contributed by atoms with Crippen LogP contribution in [0.15, 0.2) is 65.1 Å². The van der Waals surface area contributed by atoms with Gasteiger partial charge in [-0.3, -0.25) is 4.31 Å². The summed E-state index contributed by atoms with van der Waals surface area (Å²) in [4.78, 5) is 13.1. The van der Waals surface area contributed by atoms with Crippen LogP contribution in [0.4, 0.5) is 10.1 Å². The number of fused-ring (bicyclic) bond motifs is 1. The predicted molar refractivity (Wildman–Crippen MR) is 144 cm³/mol. The third-order valence-corrected chi connectivity index (χ3v) is 7.72. The summed E-state index contributed by atoms with van der Waals surface area (Å²) in [5, 5.41) is 0.534. The molecule has 0 aliphatic heterocycles. The Labute approximate surface area is 220 Å². The highest BCUT2D eigenvalue weighted by Gasteiger charge is 2.33. The van der Waals surface area contributed by atoms with Crippen LogP contribution >= 0.6 is 0 Å². The molecule has 0 saturated heterocycles. The number of carbonyl (C=O) groups excluding carboxylic acids is 1. The quantitative estimate of drug-likeness (QED) is 0.234. The van der Waals surface area contributed by atoms with Crippen LogP contribution in [0.2, 0.25) is 0 Å². The highest BCUT2D eigenvalue weighted by Crippen LogP contribution is 2.48. The first-order chi connectivity index (χ1) is 18.2. The van der Waals surface area contributed by atoms with Gasteiger partial charge in [-0.15, -0.1) is 0 Å². The summed E-state index contributed by atoms with van der Waals surface area (Å²) in [6, 6.07) is 16.4. The number of furan rings is 1. The second-order valence-corrected chi connectivity index (χ2v) is 11.2. The maximum atomic E-state index is 13.6. The summed E-state index contributed by atoms with van der Waals surface area (Å²) in [5.74, 6) is 0.115. The Balaban J connectivity index is 1.70. The van der Waals surface area contributed by atoms with E-state index in [1.54, 1.807) is 32.2 Å². The van der Waals surface area contributed by atoms with Crippen molar-refractivity contribution in [2.75, 3.05) is 24.3 Å². The number of hydrogen-bond donors (Lipinski definition) is 0. The van der Waals surface area contributed by atoms with Crippen LogP contribution in [0, 0.1) is 5.82 Å². The molecule has 0 spiro atoms. The molecule has 0 radical (unpaired) electrons. The number of hydrogen-bond acceptors (Lipinski definition) is 6. The lowest BCUT2D eigenvalue weighted by atomic mass is 10.0. The van der Waals surface area contributed by atoms with Gasteiger partial charge in [-0.25, -0.2) is 17.6 Å². The van der Waals surface area contributed by atoms with E-state index in [0.717, 1.165) is 24.0 Å². The smallest absolute Gasteiger partial charge is 0.342 e. The Morgan fingerprint density at radius 3 is 2.34 bits per heavy atom. The van der Waals surface area contributed by atoms with Gasteiger partial charge in [0, 0.05) is 17.0 Å². The SMILES string of the molecule is CCOC(=O)c1c(-c2ccc(F)cc2)oc2cc(N(Cc3ccc(OC)cc3)S(C)(=O)=O)c(C3CC3)cc12. The first-order valence-electron chi connectivity index (χ1n) is 12.3. The van der Waals surface area contributed by atoms with Crippen LogP contribution in [-0.2, 0) is 21.3 Å². The molecular formula is C29H28FNO6S. The lowest BCUT2D eigenvalue weighted by Crippen LogP contribution is -2.30. The highest BCUT2D eigenvalue weighted by molar-refractivity contribution is 7.92. The Morgan fingerprint density at radius 1 is 1.08 bits per heavy atom. The number of anilines is 1. The van der Waals surface area contributed by atoms with E-state index in [9.17, 15) is 17.6 Å². The number of rotatable bonds is 9. The Morgan fingerprint density at radius 2 is 1.76 bits per heavy atom. The zero-order valence-corrected chi connectivity index (χ0v) is 22.2. The topological polar surface area (TPSA) is 86.0 Å². The van der Waals surface area contributed by atoms with Gasteiger partial charge in [0.1, 0.15) is 28.5 Å². The van der Waals surface area contributed by atoms with Crippen molar-refractivity contribution in [3.05, 3.63) is 83.2 Å². The van der Waals surface area contributed by atoms with Gasteiger partial charge in [-0.05, 0) is 79.3 Å². The van der Waals surface area contributed by atoms with Crippen LogP contribution in [0.25, 0.3) is 22.3 Å². The molecule has 1 aliphatic carbocycles. The van der Waals surface area contributed by atoms with Gasteiger partial charge in [0.05, 0.1) is 32.2 Å². The first-order valence-corrected chi connectivity index (χ1v) is 14.2.